The minimum absolute atomic E-state index is 0.279. The highest BCUT2D eigenvalue weighted by molar-refractivity contribution is 7.26. The molecule has 4 aromatic rings. The topological polar surface area (TPSA) is 59.9 Å². The van der Waals surface area contributed by atoms with Crippen LogP contribution in [0.5, 0.6) is 0 Å². The Morgan fingerprint density at radius 3 is 2.83 bits per heavy atom. The summed E-state index contributed by atoms with van der Waals surface area (Å²) in [6, 6.07) is 10.6. The van der Waals surface area contributed by atoms with Crippen molar-refractivity contribution in [2.75, 3.05) is 18.5 Å². The normalized spacial score (nSPS) is 18.6. The number of thiophene rings is 1. The van der Waals surface area contributed by atoms with Crippen LogP contribution in [0.15, 0.2) is 36.7 Å². The summed E-state index contributed by atoms with van der Waals surface area (Å²) in [6.45, 7) is 1.66. The van der Waals surface area contributed by atoms with Crippen molar-refractivity contribution in [2.24, 2.45) is 0 Å². The van der Waals surface area contributed by atoms with Gasteiger partial charge in [0.2, 0.25) is 0 Å². The van der Waals surface area contributed by atoms with E-state index in [1.807, 2.05) is 0 Å². The maximum Gasteiger partial charge on any atom is 0.147 e. The summed E-state index contributed by atoms with van der Waals surface area (Å²) in [5, 5.41) is 4.75. The Labute approximate surface area is 173 Å². The van der Waals surface area contributed by atoms with Crippen molar-refractivity contribution in [2.45, 2.75) is 38.2 Å². The smallest absolute Gasteiger partial charge is 0.147 e. The van der Waals surface area contributed by atoms with E-state index < -0.39 is 0 Å². The molecule has 1 aliphatic carbocycles. The van der Waals surface area contributed by atoms with Crippen molar-refractivity contribution >= 4 is 37.6 Å². The molecule has 1 atom stereocenters. The Bertz CT molecular complexity index is 1200. The second kappa shape index (κ2) is 7.04. The van der Waals surface area contributed by atoms with Gasteiger partial charge in [-0.25, -0.2) is 15.0 Å². The van der Waals surface area contributed by atoms with Crippen LogP contribution in [0.4, 0.5) is 5.82 Å². The second-order valence-corrected chi connectivity index (χ2v) is 8.83. The molecule has 2 aliphatic rings. The standard InChI is InChI=1S/C23H22N4OS/c1-2-6-14(7-3-1)19-17-10-4-9-16(17)18-20-21(29-23(18)27-19)22(26-13-25-20)24-12-15-8-5-11-28-15/h1-3,6-7,13,15H,4-5,8-12H2,(H,24,25,26)/t15-/m0/s1. The van der Waals surface area contributed by atoms with Crippen LogP contribution in [0.3, 0.4) is 0 Å². The molecule has 146 valence electrons. The molecule has 1 fully saturated rings. The molecule has 29 heavy (non-hydrogen) atoms. The lowest BCUT2D eigenvalue weighted by Crippen LogP contribution is -2.18. The number of aromatic nitrogens is 3. The van der Waals surface area contributed by atoms with Crippen molar-refractivity contribution in [3.8, 4) is 11.3 Å². The first-order chi connectivity index (χ1) is 14.4. The summed E-state index contributed by atoms with van der Waals surface area (Å²) in [7, 11) is 0. The van der Waals surface area contributed by atoms with Crippen LogP contribution in [0.25, 0.3) is 31.7 Å². The van der Waals surface area contributed by atoms with E-state index in [0.29, 0.717) is 0 Å². The van der Waals surface area contributed by atoms with E-state index in [1.165, 1.54) is 28.5 Å². The molecule has 1 saturated heterocycles. The number of anilines is 1. The highest BCUT2D eigenvalue weighted by Crippen LogP contribution is 2.43. The molecule has 1 aliphatic heterocycles. The molecule has 3 aromatic heterocycles. The van der Waals surface area contributed by atoms with E-state index in [1.54, 1.807) is 17.7 Å². The lowest BCUT2D eigenvalue weighted by atomic mass is 10.0. The molecule has 1 aromatic carbocycles. The molecular formula is C23H22N4OS. The van der Waals surface area contributed by atoms with Crippen LogP contribution >= 0.6 is 11.3 Å². The Hall–Kier alpha value is -2.57. The minimum atomic E-state index is 0.279. The molecular weight excluding hydrogens is 380 g/mol. The number of fused-ring (bicyclic) bond motifs is 5. The average Bonchev–Trinajstić information content (AvgIpc) is 3.51. The Kier molecular flexibility index (Phi) is 4.20. The van der Waals surface area contributed by atoms with E-state index in [-0.39, 0.29) is 6.10 Å². The van der Waals surface area contributed by atoms with Gasteiger partial charge in [-0.3, -0.25) is 0 Å². The third-order valence-electron chi connectivity index (χ3n) is 6.04. The summed E-state index contributed by atoms with van der Waals surface area (Å²) >= 11 is 1.71. The van der Waals surface area contributed by atoms with Gasteiger partial charge >= 0.3 is 0 Å². The van der Waals surface area contributed by atoms with Gasteiger partial charge in [-0.1, -0.05) is 30.3 Å². The van der Waals surface area contributed by atoms with Crippen LogP contribution in [0.2, 0.25) is 0 Å². The number of aryl methyl sites for hydroxylation is 1. The summed E-state index contributed by atoms with van der Waals surface area (Å²) in [4.78, 5) is 15.4. The predicted octanol–water partition coefficient (Wildman–Crippen LogP) is 4.99. The summed E-state index contributed by atoms with van der Waals surface area (Å²) in [6.07, 6.45) is 7.59. The molecule has 0 bridgehead atoms. The molecule has 0 unspecified atom stereocenters. The zero-order valence-electron chi connectivity index (χ0n) is 16.1. The van der Waals surface area contributed by atoms with Gasteiger partial charge in [0.15, 0.2) is 0 Å². The Morgan fingerprint density at radius 2 is 1.97 bits per heavy atom. The van der Waals surface area contributed by atoms with Crippen LogP contribution in [-0.2, 0) is 17.6 Å². The van der Waals surface area contributed by atoms with Gasteiger partial charge in [-0.15, -0.1) is 11.3 Å². The van der Waals surface area contributed by atoms with Crippen molar-refractivity contribution in [3.05, 3.63) is 47.8 Å². The highest BCUT2D eigenvalue weighted by atomic mass is 32.1. The monoisotopic (exact) mass is 402 g/mol. The molecule has 1 N–H and O–H groups in total. The molecule has 6 heteroatoms. The Balaban J connectivity index is 1.50. The maximum atomic E-state index is 5.76. The van der Waals surface area contributed by atoms with Crippen molar-refractivity contribution in [1.82, 2.24) is 15.0 Å². The molecule has 0 radical (unpaired) electrons. The van der Waals surface area contributed by atoms with E-state index in [2.05, 4.69) is 45.6 Å². The average molecular weight is 403 g/mol. The first-order valence-corrected chi connectivity index (χ1v) is 11.2. The zero-order chi connectivity index (χ0) is 19.2. The van der Waals surface area contributed by atoms with Gasteiger partial charge in [0, 0.05) is 24.1 Å². The zero-order valence-corrected chi connectivity index (χ0v) is 17.0. The largest absolute Gasteiger partial charge is 0.376 e. The third-order valence-corrected chi connectivity index (χ3v) is 7.12. The second-order valence-electron chi connectivity index (χ2n) is 7.84. The fraction of sp³-hybridized carbons (Fsp3) is 0.348. The third kappa shape index (κ3) is 2.90. The fourth-order valence-corrected chi connectivity index (χ4v) is 5.80. The highest BCUT2D eigenvalue weighted by Gasteiger charge is 2.25. The number of nitrogens with zero attached hydrogens (tertiary/aromatic N) is 3. The number of ether oxygens (including phenoxy) is 1. The van der Waals surface area contributed by atoms with Gasteiger partial charge < -0.3 is 10.1 Å². The number of hydrogen-bond donors (Lipinski definition) is 1. The van der Waals surface area contributed by atoms with E-state index >= 15 is 0 Å². The van der Waals surface area contributed by atoms with Crippen LogP contribution in [-0.4, -0.2) is 34.2 Å². The molecule has 5 nitrogen and oxygen atoms in total. The number of pyridine rings is 1. The van der Waals surface area contributed by atoms with Gasteiger partial charge in [0.1, 0.15) is 17.0 Å². The lowest BCUT2D eigenvalue weighted by Gasteiger charge is -2.11. The minimum Gasteiger partial charge on any atom is -0.376 e. The number of benzene rings is 1. The summed E-state index contributed by atoms with van der Waals surface area (Å²) in [5.74, 6) is 0.904. The molecule has 0 spiro atoms. The molecule has 4 heterocycles. The van der Waals surface area contributed by atoms with Crippen molar-refractivity contribution < 1.29 is 4.74 Å². The summed E-state index contributed by atoms with van der Waals surface area (Å²) < 4.78 is 6.86. The molecule has 0 amide bonds. The van der Waals surface area contributed by atoms with Gasteiger partial charge in [0.05, 0.1) is 22.0 Å². The first kappa shape index (κ1) is 17.3. The number of rotatable bonds is 4. The number of nitrogens with one attached hydrogen (secondary N) is 1. The molecule has 6 rings (SSSR count). The van der Waals surface area contributed by atoms with Gasteiger partial charge in [-0.2, -0.15) is 0 Å². The van der Waals surface area contributed by atoms with Gasteiger partial charge in [-0.05, 0) is 43.2 Å². The van der Waals surface area contributed by atoms with Crippen LogP contribution in [0.1, 0.15) is 30.4 Å². The fourth-order valence-electron chi connectivity index (χ4n) is 4.67. The quantitative estimate of drug-likeness (QED) is 0.521. The first-order valence-electron chi connectivity index (χ1n) is 10.4. The maximum absolute atomic E-state index is 5.76. The van der Waals surface area contributed by atoms with Crippen LogP contribution in [0, 0.1) is 0 Å². The lowest BCUT2D eigenvalue weighted by molar-refractivity contribution is 0.120. The number of hydrogen-bond acceptors (Lipinski definition) is 6. The SMILES string of the molecule is c1ccc(-c2nc3sc4c(NC[C@@H]5CCCO5)ncnc4c3c3c2CCC3)cc1. The van der Waals surface area contributed by atoms with E-state index in [9.17, 15) is 0 Å². The Morgan fingerprint density at radius 1 is 1.07 bits per heavy atom. The van der Waals surface area contributed by atoms with Crippen LogP contribution < -0.4 is 5.32 Å². The molecule has 0 saturated carbocycles. The van der Waals surface area contributed by atoms with E-state index in [0.717, 1.165) is 65.4 Å². The van der Waals surface area contributed by atoms with Crippen molar-refractivity contribution in [1.29, 1.82) is 0 Å². The van der Waals surface area contributed by atoms with Gasteiger partial charge in [0.25, 0.3) is 0 Å². The summed E-state index contributed by atoms with van der Waals surface area (Å²) in [5.41, 5.74) is 6.21. The van der Waals surface area contributed by atoms with Crippen molar-refractivity contribution in [3.63, 3.8) is 0 Å². The van der Waals surface area contributed by atoms with E-state index in [4.69, 9.17) is 9.72 Å². The predicted molar refractivity (Wildman–Crippen MR) is 118 cm³/mol.